The molecule has 7 nitrogen and oxygen atoms in total. The van der Waals surface area contributed by atoms with Crippen molar-refractivity contribution < 1.29 is 18.9 Å². The van der Waals surface area contributed by atoms with Crippen molar-refractivity contribution in [3.63, 3.8) is 0 Å². The summed E-state index contributed by atoms with van der Waals surface area (Å²) in [7, 11) is 7.47. The quantitative estimate of drug-likeness (QED) is 0.336. The standard InChI is InChI=1S/C25H27N3O4/c1-28(2)9-5-8-26-25-19-13-21(30-4)20(29-3)12-18(19)16-7-6-15-10-22-23(32-14-31-22)11-17(15)24(16)27-25/h6-7,10-13H,5,8-9,14H2,1-4H3,(H,26,27). The van der Waals surface area contributed by atoms with E-state index in [0.29, 0.717) is 11.5 Å². The predicted octanol–water partition coefficient (Wildman–Crippen LogP) is 4.65. The third-order valence-corrected chi connectivity index (χ3v) is 5.85. The Morgan fingerprint density at radius 2 is 1.62 bits per heavy atom. The highest BCUT2D eigenvalue weighted by atomic mass is 16.7. The lowest BCUT2D eigenvalue weighted by molar-refractivity contribution is 0.174. The molecule has 0 spiro atoms. The van der Waals surface area contributed by atoms with E-state index in [4.69, 9.17) is 23.9 Å². The zero-order valence-corrected chi connectivity index (χ0v) is 18.8. The zero-order valence-electron chi connectivity index (χ0n) is 18.8. The number of nitrogens with zero attached hydrogens (tertiary/aromatic N) is 2. The number of aromatic nitrogens is 1. The van der Waals surface area contributed by atoms with Crippen LogP contribution in [-0.2, 0) is 0 Å². The maximum absolute atomic E-state index is 5.64. The lowest BCUT2D eigenvalue weighted by atomic mass is 10.00. The second-order valence-electron chi connectivity index (χ2n) is 8.19. The van der Waals surface area contributed by atoms with Crippen LogP contribution in [0.25, 0.3) is 32.4 Å². The second kappa shape index (κ2) is 8.24. The van der Waals surface area contributed by atoms with E-state index in [-0.39, 0.29) is 6.79 Å². The van der Waals surface area contributed by atoms with Gasteiger partial charge >= 0.3 is 0 Å². The molecule has 166 valence electrons. The maximum Gasteiger partial charge on any atom is 0.231 e. The van der Waals surface area contributed by atoms with E-state index in [9.17, 15) is 0 Å². The minimum Gasteiger partial charge on any atom is -0.493 e. The topological polar surface area (TPSA) is 65.1 Å². The van der Waals surface area contributed by atoms with Crippen LogP contribution in [0.15, 0.2) is 36.4 Å². The van der Waals surface area contributed by atoms with Crippen molar-refractivity contribution in [1.82, 2.24) is 9.88 Å². The van der Waals surface area contributed by atoms with E-state index in [1.807, 2.05) is 24.3 Å². The molecule has 7 heteroatoms. The molecule has 0 unspecified atom stereocenters. The van der Waals surface area contributed by atoms with Gasteiger partial charge in [0.1, 0.15) is 5.82 Å². The summed E-state index contributed by atoms with van der Waals surface area (Å²) in [5.74, 6) is 3.72. The zero-order chi connectivity index (χ0) is 22.2. The molecule has 1 aromatic heterocycles. The Hall–Kier alpha value is -3.45. The molecular weight excluding hydrogens is 406 g/mol. The number of nitrogens with one attached hydrogen (secondary N) is 1. The maximum atomic E-state index is 5.64. The van der Waals surface area contributed by atoms with E-state index in [2.05, 4.69) is 36.4 Å². The second-order valence-corrected chi connectivity index (χ2v) is 8.19. The summed E-state index contributed by atoms with van der Waals surface area (Å²) in [4.78, 5) is 7.27. The first-order valence-corrected chi connectivity index (χ1v) is 10.7. The molecule has 0 bridgehead atoms. The lowest BCUT2D eigenvalue weighted by Crippen LogP contribution is -2.16. The van der Waals surface area contributed by atoms with Crippen LogP contribution in [0.3, 0.4) is 0 Å². The van der Waals surface area contributed by atoms with Crippen molar-refractivity contribution in [2.45, 2.75) is 6.42 Å². The summed E-state index contributed by atoms with van der Waals surface area (Å²) < 4.78 is 22.4. The Balaban J connectivity index is 1.74. The van der Waals surface area contributed by atoms with Gasteiger partial charge in [-0.05, 0) is 62.1 Å². The van der Waals surface area contributed by atoms with E-state index in [1.54, 1.807) is 14.2 Å². The number of hydrogen-bond donors (Lipinski definition) is 1. The number of methoxy groups -OCH3 is 2. The molecule has 32 heavy (non-hydrogen) atoms. The summed E-state index contributed by atoms with van der Waals surface area (Å²) in [5.41, 5.74) is 0.913. The number of benzene rings is 3. The Morgan fingerprint density at radius 1 is 0.906 bits per heavy atom. The summed E-state index contributed by atoms with van der Waals surface area (Å²) in [5, 5.41) is 8.75. The smallest absolute Gasteiger partial charge is 0.231 e. The van der Waals surface area contributed by atoms with Crippen LogP contribution < -0.4 is 24.3 Å². The molecule has 0 saturated heterocycles. The van der Waals surface area contributed by atoms with Crippen molar-refractivity contribution in [3.8, 4) is 23.0 Å². The van der Waals surface area contributed by atoms with Crippen LogP contribution in [0.2, 0.25) is 0 Å². The van der Waals surface area contributed by atoms with Gasteiger partial charge in [0.25, 0.3) is 0 Å². The molecule has 0 aliphatic carbocycles. The Labute approximate surface area is 186 Å². The molecule has 2 heterocycles. The van der Waals surface area contributed by atoms with Gasteiger partial charge in [-0.2, -0.15) is 0 Å². The highest BCUT2D eigenvalue weighted by Gasteiger charge is 2.19. The van der Waals surface area contributed by atoms with Crippen LogP contribution in [0.4, 0.5) is 5.82 Å². The van der Waals surface area contributed by atoms with Crippen LogP contribution in [0, 0.1) is 0 Å². The van der Waals surface area contributed by atoms with Crippen molar-refractivity contribution in [1.29, 1.82) is 0 Å². The van der Waals surface area contributed by atoms with Gasteiger partial charge < -0.3 is 29.2 Å². The highest BCUT2D eigenvalue weighted by Crippen LogP contribution is 2.42. The van der Waals surface area contributed by atoms with Crippen LogP contribution in [0.5, 0.6) is 23.0 Å². The molecule has 4 aromatic rings. The number of pyridine rings is 1. The molecule has 1 N–H and O–H groups in total. The van der Waals surface area contributed by atoms with Gasteiger partial charge in [0.05, 0.1) is 19.7 Å². The summed E-state index contributed by atoms with van der Waals surface area (Å²) in [6.07, 6.45) is 1.01. The minimum atomic E-state index is 0.246. The average Bonchev–Trinajstić information content (AvgIpc) is 3.26. The van der Waals surface area contributed by atoms with Gasteiger partial charge in [0.15, 0.2) is 23.0 Å². The van der Waals surface area contributed by atoms with E-state index < -0.39 is 0 Å². The predicted molar refractivity (Wildman–Crippen MR) is 128 cm³/mol. The van der Waals surface area contributed by atoms with Crippen LogP contribution in [0.1, 0.15) is 6.42 Å². The minimum absolute atomic E-state index is 0.246. The molecule has 1 aliphatic heterocycles. The molecular formula is C25H27N3O4. The normalized spacial score (nSPS) is 12.8. The van der Waals surface area contributed by atoms with Gasteiger partial charge in [0.2, 0.25) is 6.79 Å². The van der Waals surface area contributed by atoms with Crippen molar-refractivity contribution in [2.75, 3.05) is 53.5 Å². The first kappa shape index (κ1) is 20.5. The Morgan fingerprint density at radius 3 is 2.34 bits per heavy atom. The first-order valence-electron chi connectivity index (χ1n) is 10.7. The number of ether oxygens (including phenoxy) is 4. The summed E-state index contributed by atoms with van der Waals surface area (Å²) in [6.45, 7) is 2.06. The molecule has 0 atom stereocenters. The number of fused-ring (bicyclic) bond motifs is 6. The van der Waals surface area contributed by atoms with Crippen LogP contribution >= 0.6 is 0 Å². The van der Waals surface area contributed by atoms with Crippen molar-refractivity contribution >= 4 is 38.3 Å². The molecule has 1 aliphatic rings. The van der Waals surface area contributed by atoms with E-state index >= 15 is 0 Å². The molecule has 5 rings (SSSR count). The van der Waals surface area contributed by atoms with Gasteiger partial charge in [-0.25, -0.2) is 4.98 Å². The molecule has 0 amide bonds. The molecule has 0 saturated carbocycles. The summed E-state index contributed by atoms with van der Waals surface area (Å²) in [6, 6.07) is 12.3. The van der Waals surface area contributed by atoms with Gasteiger partial charge in [-0.1, -0.05) is 12.1 Å². The van der Waals surface area contributed by atoms with Crippen LogP contribution in [-0.4, -0.2) is 58.1 Å². The average molecular weight is 434 g/mol. The monoisotopic (exact) mass is 433 g/mol. The highest BCUT2D eigenvalue weighted by molar-refractivity contribution is 6.18. The first-order chi connectivity index (χ1) is 15.6. The Kier molecular flexibility index (Phi) is 5.27. The van der Waals surface area contributed by atoms with Gasteiger partial charge in [-0.3, -0.25) is 0 Å². The largest absolute Gasteiger partial charge is 0.493 e. The van der Waals surface area contributed by atoms with Crippen molar-refractivity contribution in [3.05, 3.63) is 36.4 Å². The SMILES string of the molecule is COc1cc2c(NCCCN(C)C)nc3c4cc5c(cc4ccc3c2cc1OC)OCO5. The number of anilines is 1. The fourth-order valence-corrected chi connectivity index (χ4v) is 4.24. The number of rotatable bonds is 7. The van der Waals surface area contributed by atoms with Crippen molar-refractivity contribution in [2.24, 2.45) is 0 Å². The summed E-state index contributed by atoms with van der Waals surface area (Å²) >= 11 is 0. The van der Waals surface area contributed by atoms with Gasteiger partial charge in [-0.15, -0.1) is 0 Å². The Bertz CT molecular complexity index is 1320. The van der Waals surface area contributed by atoms with E-state index in [1.165, 1.54) is 0 Å². The molecule has 3 aromatic carbocycles. The van der Waals surface area contributed by atoms with Gasteiger partial charge in [0, 0.05) is 22.7 Å². The fraction of sp³-hybridized carbons (Fsp3) is 0.320. The molecule has 0 fully saturated rings. The third kappa shape index (κ3) is 3.48. The number of hydrogen-bond acceptors (Lipinski definition) is 7. The lowest BCUT2D eigenvalue weighted by Gasteiger charge is -2.16. The van der Waals surface area contributed by atoms with E-state index in [0.717, 1.165) is 69.3 Å². The molecule has 0 radical (unpaired) electrons. The third-order valence-electron chi connectivity index (χ3n) is 5.85. The fourth-order valence-electron chi connectivity index (χ4n) is 4.24.